The van der Waals surface area contributed by atoms with Crippen molar-refractivity contribution in [2.75, 3.05) is 19.8 Å². The summed E-state index contributed by atoms with van der Waals surface area (Å²) in [5.74, 6) is 1.66. The molecule has 0 saturated heterocycles. The first-order valence-corrected chi connectivity index (χ1v) is 10.3. The summed E-state index contributed by atoms with van der Waals surface area (Å²) in [5, 5.41) is 0. The van der Waals surface area contributed by atoms with Crippen molar-refractivity contribution in [3.63, 3.8) is 0 Å². The van der Waals surface area contributed by atoms with Gasteiger partial charge in [0.1, 0.15) is 0 Å². The molecule has 0 bridgehead atoms. The highest BCUT2D eigenvalue weighted by atomic mass is 16.2. The molecule has 1 amide bonds. The molecule has 8 nitrogen and oxygen atoms in total. The maximum absolute atomic E-state index is 11.4. The number of allylic oxidation sites excluding steroid dienone is 1. The van der Waals surface area contributed by atoms with Crippen molar-refractivity contribution < 1.29 is 7.65 Å². The summed E-state index contributed by atoms with van der Waals surface area (Å²) in [5.41, 5.74) is 9.72. The third-order valence-electron chi connectivity index (χ3n) is 5.63. The van der Waals surface area contributed by atoms with Crippen molar-refractivity contribution in [3.05, 3.63) is 53.9 Å². The zero-order valence-corrected chi connectivity index (χ0v) is 17.5. The largest absolute Gasteiger partial charge is 0.368 e. The van der Waals surface area contributed by atoms with E-state index in [1.807, 2.05) is 37.1 Å². The molecule has 0 spiro atoms. The Morgan fingerprint density at radius 2 is 1.97 bits per heavy atom. The van der Waals surface area contributed by atoms with Gasteiger partial charge in [0.15, 0.2) is 0 Å². The van der Waals surface area contributed by atoms with Crippen LogP contribution in [0.25, 0.3) is 11.4 Å². The van der Waals surface area contributed by atoms with Crippen LogP contribution in [0.2, 0.25) is 0 Å². The van der Waals surface area contributed by atoms with Crippen molar-refractivity contribution >= 4 is 23.2 Å². The summed E-state index contributed by atoms with van der Waals surface area (Å²) in [6.45, 7) is 0. The molecule has 2 aliphatic carbocycles. The molecule has 0 radical (unpaired) electrons. The number of anilines is 1. The van der Waals surface area contributed by atoms with Gasteiger partial charge >= 0.3 is 0 Å². The van der Waals surface area contributed by atoms with Crippen LogP contribution < -0.4 is 5.73 Å². The van der Waals surface area contributed by atoms with E-state index < -0.39 is 0 Å². The fourth-order valence-corrected chi connectivity index (χ4v) is 4.07. The Balaban J connectivity index is 0.000000244. The van der Waals surface area contributed by atoms with E-state index in [2.05, 4.69) is 26.0 Å². The number of amides is 1. The molecule has 1 fully saturated rings. The second kappa shape index (κ2) is 8.61. The summed E-state index contributed by atoms with van der Waals surface area (Å²) in [6, 6.07) is 0. The molecule has 2 aliphatic rings. The molecule has 0 unspecified atom stereocenters. The number of carbonyl (C=O) groups is 1. The first kappa shape index (κ1) is 20.0. The number of imidazole rings is 1. The maximum atomic E-state index is 11.4. The Bertz CT molecular complexity index is 1090. The topological polar surface area (TPSA) is 102 Å². The summed E-state index contributed by atoms with van der Waals surface area (Å²) in [6.07, 6.45) is 18.1. The number of nitrogens with two attached hydrogens (primary N) is 1. The Morgan fingerprint density at radius 3 is 2.73 bits per heavy atom. The molecule has 5 rings (SSSR count). The van der Waals surface area contributed by atoms with E-state index in [9.17, 15) is 4.79 Å². The molecule has 0 aliphatic heterocycles. The van der Waals surface area contributed by atoms with E-state index in [0.717, 1.165) is 41.7 Å². The van der Waals surface area contributed by atoms with Gasteiger partial charge < -0.3 is 10.6 Å². The molecule has 160 valence electrons. The van der Waals surface area contributed by atoms with Crippen molar-refractivity contribution in [2.24, 2.45) is 5.92 Å². The van der Waals surface area contributed by atoms with Crippen LogP contribution in [-0.2, 0) is 11.2 Å². The van der Waals surface area contributed by atoms with Crippen molar-refractivity contribution in [1.29, 1.82) is 0 Å². The van der Waals surface area contributed by atoms with Gasteiger partial charge in [-0.1, -0.05) is 25.3 Å². The molecule has 3 aromatic heterocycles. The SMILES string of the molecule is CN(C)C(=O)C1CCCCC1.Nc1ncc2c(n1)CC=C2c1cnc2nccn2c1.[HH].[HH]. The number of hydrogen-bond donors (Lipinski definition) is 1. The van der Waals surface area contributed by atoms with Crippen LogP contribution in [0.3, 0.4) is 0 Å². The zero-order chi connectivity index (χ0) is 21.1. The third kappa shape index (κ3) is 4.17. The molecule has 0 atom stereocenters. The Kier molecular flexibility index (Phi) is 5.74. The number of carbonyl (C=O) groups excluding carboxylic acids is 1. The van der Waals surface area contributed by atoms with Crippen LogP contribution in [0.5, 0.6) is 0 Å². The molecular formula is C22H31N7O. The average Bonchev–Trinajstić information content (AvgIpc) is 3.40. The molecule has 3 aromatic rings. The number of aromatic nitrogens is 5. The molecule has 8 heteroatoms. The van der Waals surface area contributed by atoms with Crippen LogP contribution in [0.4, 0.5) is 5.95 Å². The van der Waals surface area contributed by atoms with Gasteiger partial charge in [0.2, 0.25) is 17.6 Å². The van der Waals surface area contributed by atoms with E-state index >= 15 is 0 Å². The minimum Gasteiger partial charge on any atom is -0.368 e. The van der Waals surface area contributed by atoms with Crippen molar-refractivity contribution in [1.82, 2.24) is 29.2 Å². The van der Waals surface area contributed by atoms with E-state index in [-0.39, 0.29) is 2.85 Å². The fraction of sp³-hybridized carbons (Fsp3) is 0.409. The van der Waals surface area contributed by atoms with Crippen molar-refractivity contribution in [2.45, 2.75) is 38.5 Å². The molecule has 2 N–H and O–H groups in total. The van der Waals surface area contributed by atoms with Gasteiger partial charge in [0.05, 0.1) is 5.69 Å². The first-order valence-electron chi connectivity index (χ1n) is 10.3. The van der Waals surface area contributed by atoms with Crippen LogP contribution in [0.1, 0.15) is 51.8 Å². The lowest BCUT2D eigenvalue weighted by molar-refractivity contribution is -0.133. The molecule has 1 saturated carbocycles. The average molecular weight is 410 g/mol. The Labute approximate surface area is 178 Å². The van der Waals surface area contributed by atoms with Crippen LogP contribution >= 0.6 is 0 Å². The van der Waals surface area contributed by atoms with Gasteiger partial charge in [0, 0.05) is 71.4 Å². The number of fused-ring (bicyclic) bond motifs is 2. The van der Waals surface area contributed by atoms with Crippen LogP contribution in [-0.4, -0.2) is 49.2 Å². The Morgan fingerprint density at radius 1 is 1.17 bits per heavy atom. The fourth-order valence-electron chi connectivity index (χ4n) is 4.07. The number of rotatable bonds is 2. The first-order chi connectivity index (χ1) is 14.5. The number of nitrogens with zero attached hydrogens (tertiary/aromatic N) is 6. The lowest BCUT2D eigenvalue weighted by atomic mass is 9.88. The summed E-state index contributed by atoms with van der Waals surface area (Å²) < 4.78 is 1.90. The van der Waals surface area contributed by atoms with E-state index in [4.69, 9.17) is 5.73 Å². The molecular weight excluding hydrogens is 378 g/mol. The van der Waals surface area contributed by atoms with Gasteiger partial charge in [-0.25, -0.2) is 19.9 Å². The van der Waals surface area contributed by atoms with Gasteiger partial charge in [-0.3, -0.25) is 9.20 Å². The van der Waals surface area contributed by atoms with E-state index in [0.29, 0.717) is 23.6 Å². The van der Waals surface area contributed by atoms with E-state index in [1.165, 1.54) is 19.3 Å². The number of hydrogen-bond acceptors (Lipinski definition) is 6. The van der Waals surface area contributed by atoms with Gasteiger partial charge in [-0.05, 0) is 18.4 Å². The predicted octanol–water partition coefficient (Wildman–Crippen LogP) is 3.24. The summed E-state index contributed by atoms with van der Waals surface area (Å²) in [7, 11) is 3.69. The van der Waals surface area contributed by atoms with Crippen molar-refractivity contribution in [3.8, 4) is 0 Å². The van der Waals surface area contributed by atoms with E-state index in [1.54, 1.807) is 17.3 Å². The highest BCUT2D eigenvalue weighted by Crippen LogP contribution is 2.31. The maximum Gasteiger partial charge on any atom is 0.233 e. The smallest absolute Gasteiger partial charge is 0.233 e. The second-order valence-corrected chi connectivity index (χ2v) is 7.96. The summed E-state index contributed by atoms with van der Waals surface area (Å²) >= 11 is 0. The lowest BCUT2D eigenvalue weighted by Gasteiger charge is -2.23. The molecule has 30 heavy (non-hydrogen) atoms. The van der Waals surface area contributed by atoms with Gasteiger partial charge in [-0.15, -0.1) is 0 Å². The minimum atomic E-state index is 0. The third-order valence-corrected chi connectivity index (χ3v) is 5.63. The normalized spacial score (nSPS) is 15.9. The van der Waals surface area contributed by atoms with Crippen LogP contribution in [0.15, 0.2) is 37.1 Å². The van der Waals surface area contributed by atoms with Gasteiger partial charge in [-0.2, -0.15) is 0 Å². The van der Waals surface area contributed by atoms with Gasteiger partial charge in [0.25, 0.3) is 0 Å². The second-order valence-electron chi connectivity index (χ2n) is 7.96. The zero-order valence-electron chi connectivity index (χ0n) is 17.5. The minimum absolute atomic E-state index is 0. The van der Waals surface area contributed by atoms with Crippen LogP contribution in [0, 0.1) is 5.92 Å². The highest BCUT2D eigenvalue weighted by Gasteiger charge is 2.22. The summed E-state index contributed by atoms with van der Waals surface area (Å²) in [4.78, 5) is 29.9. The lowest BCUT2D eigenvalue weighted by Crippen LogP contribution is -2.30. The Hall–Kier alpha value is -3.29. The quantitative estimate of drug-likeness (QED) is 0.697. The highest BCUT2D eigenvalue weighted by molar-refractivity contribution is 5.83. The molecule has 0 aromatic carbocycles. The molecule has 3 heterocycles. The monoisotopic (exact) mass is 409 g/mol. The standard InChI is InChI=1S/C13H10N6.C9H17NO.2H2/c14-12-16-6-10-9(1-2-11(10)18-12)8-5-17-13-15-3-4-19(13)7-8;1-10(2)9(11)8-6-4-3-5-7-8;;/h1,3-7H,2H2,(H2,14,16,18);8H,3-7H2,1-2H3;2*1H. The number of nitrogen functional groups attached to an aromatic ring is 1. The predicted molar refractivity (Wildman–Crippen MR) is 120 cm³/mol.